The van der Waals surface area contributed by atoms with E-state index in [0.29, 0.717) is 15.7 Å². The van der Waals surface area contributed by atoms with Gasteiger partial charge in [0.15, 0.2) is 0 Å². The largest absolute Gasteiger partial charge is 0.508 e. The molecule has 0 radical (unpaired) electrons. The summed E-state index contributed by atoms with van der Waals surface area (Å²) in [4.78, 5) is 4.67. The Morgan fingerprint density at radius 2 is 1.43 bits per heavy atom. The quantitative estimate of drug-likeness (QED) is 0.503. The highest BCUT2D eigenvalue weighted by molar-refractivity contribution is 9.10. The van der Waals surface area contributed by atoms with Gasteiger partial charge in [-0.3, -0.25) is 0 Å². The molecule has 0 atom stereocenters. The van der Waals surface area contributed by atoms with E-state index in [0.717, 1.165) is 11.3 Å². The molecular weight excluding hydrogens is 354 g/mol. The van der Waals surface area contributed by atoms with E-state index in [9.17, 15) is 10.2 Å². The summed E-state index contributed by atoms with van der Waals surface area (Å²) in [5.74, 6) is 0.0997. The van der Waals surface area contributed by atoms with Crippen LogP contribution in [0, 0.1) is 0 Å². The highest BCUT2D eigenvalue weighted by Gasteiger charge is 2.15. The second-order valence-electron chi connectivity index (χ2n) is 4.99. The lowest BCUT2D eigenvalue weighted by molar-refractivity contribution is 0.456. The molecular formula is C19H14BrNO2. The molecule has 23 heavy (non-hydrogen) atoms. The van der Waals surface area contributed by atoms with Gasteiger partial charge < -0.3 is 10.2 Å². The molecule has 3 nitrogen and oxygen atoms in total. The van der Waals surface area contributed by atoms with E-state index in [1.54, 1.807) is 0 Å². The third-order valence-corrected chi connectivity index (χ3v) is 3.95. The Morgan fingerprint density at radius 1 is 0.826 bits per heavy atom. The van der Waals surface area contributed by atoms with Crippen LogP contribution in [0.4, 0.5) is 5.69 Å². The van der Waals surface area contributed by atoms with E-state index >= 15 is 0 Å². The Morgan fingerprint density at radius 3 is 2.09 bits per heavy atom. The fraction of sp³-hybridized carbons (Fsp3) is 0. The molecule has 3 aromatic carbocycles. The lowest BCUT2D eigenvalue weighted by Crippen LogP contribution is -2.03. The number of benzene rings is 3. The summed E-state index contributed by atoms with van der Waals surface area (Å²) in [5.41, 5.74) is 2.67. The number of nitrogens with zero attached hydrogens (tertiary/aromatic N) is 1. The van der Waals surface area contributed by atoms with Gasteiger partial charge in [-0.25, -0.2) is 4.99 Å². The van der Waals surface area contributed by atoms with Crippen molar-refractivity contribution in [2.75, 3.05) is 0 Å². The summed E-state index contributed by atoms with van der Waals surface area (Å²) in [6.45, 7) is 0. The number of para-hydroxylation sites is 1. The fourth-order valence-corrected chi connectivity index (χ4v) is 2.72. The molecule has 4 heteroatoms. The van der Waals surface area contributed by atoms with Crippen LogP contribution in [0.1, 0.15) is 11.1 Å². The molecule has 0 bridgehead atoms. The van der Waals surface area contributed by atoms with Crippen molar-refractivity contribution in [3.63, 3.8) is 0 Å². The molecule has 0 saturated carbocycles. The molecule has 0 spiro atoms. The Labute approximate surface area is 142 Å². The number of rotatable bonds is 3. The zero-order valence-corrected chi connectivity index (χ0v) is 13.7. The Kier molecular flexibility index (Phi) is 4.44. The maximum absolute atomic E-state index is 10.4. The standard InChI is InChI=1S/C19H14BrNO2/c20-17-12-15(22)11-16(19(17)23)18(13-7-3-1-4-8-13)21-14-9-5-2-6-10-14/h1-12,22-23H. The molecule has 0 heterocycles. The first-order chi connectivity index (χ1) is 11.1. The first-order valence-electron chi connectivity index (χ1n) is 7.06. The lowest BCUT2D eigenvalue weighted by atomic mass is 10.0. The Bertz CT molecular complexity index is 846. The van der Waals surface area contributed by atoms with Crippen LogP contribution in [0.2, 0.25) is 0 Å². The van der Waals surface area contributed by atoms with Crippen molar-refractivity contribution >= 4 is 27.3 Å². The van der Waals surface area contributed by atoms with Crippen molar-refractivity contribution in [3.8, 4) is 11.5 Å². The molecule has 0 fully saturated rings. The van der Waals surface area contributed by atoms with E-state index < -0.39 is 0 Å². The topological polar surface area (TPSA) is 52.8 Å². The van der Waals surface area contributed by atoms with Crippen LogP contribution in [0.25, 0.3) is 0 Å². The number of aliphatic imine (C=N–C) groups is 1. The number of halogens is 1. The van der Waals surface area contributed by atoms with Crippen LogP contribution in [-0.4, -0.2) is 15.9 Å². The van der Waals surface area contributed by atoms with Crippen molar-refractivity contribution in [2.24, 2.45) is 4.99 Å². The van der Waals surface area contributed by atoms with E-state index in [1.807, 2.05) is 60.7 Å². The van der Waals surface area contributed by atoms with Gasteiger partial charge in [0.1, 0.15) is 11.5 Å². The van der Waals surface area contributed by atoms with Gasteiger partial charge in [-0.15, -0.1) is 0 Å². The van der Waals surface area contributed by atoms with Crippen molar-refractivity contribution in [2.45, 2.75) is 0 Å². The molecule has 0 aromatic heterocycles. The van der Waals surface area contributed by atoms with Gasteiger partial charge in [-0.2, -0.15) is 0 Å². The van der Waals surface area contributed by atoms with Crippen LogP contribution < -0.4 is 0 Å². The maximum atomic E-state index is 10.4. The smallest absolute Gasteiger partial charge is 0.139 e. The van der Waals surface area contributed by atoms with E-state index in [-0.39, 0.29) is 11.5 Å². The monoisotopic (exact) mass is 367 g/mol. The number of phenols is 2. The molecule has 2 N–H and O–H groups in total. The first-order valence-corrected chi connectivity index (χ1v) is 7.85. The summed E-state index contributed by atoms with van der Waals surface area (Å²) >= 11 is 3.26. The van der Waals surface area contributed by atoms with E-state index in [4.69, 9.17) is 0 Å². The van der Waals surface area contributed by atoms with Gasteiger partial charge in [0, 0.05) is 11.1 Å². The van der Waals surface area contributed by atoms with Gasteiger partial charge in [0.05, 0.1) is 15.9 Å². The van der Waals surface area contributed by atoms with Crippen molar-refractivity contribution < 1.29 is 10.2 Å². The predicted molar refractivity (Wildman–Crippen MR) is 95.7 cm³/mol. The minimum atomic E-state index is 0.0429. The third-order valence-electron chi connectivity index (χ3n) is 3.35. The maximum Gasteiger partial charge on any atom is 0.139 e. The van der Waals surface area contributed by atoms with Gasteiger partial charge in [-0.05, 0) is 40.2 Å². The molecule has 3 aromatic rings. The van der Waals surface area contributed by atoms with Crippen LogP contribution in [0.15, 0.2) is 82.3 Å². The first kappa shape index (κ1) is 15.3. The average Bonchev–Trinajstić information content (AvgIpc) is 2.58. The molecule has 0 unspecified atom stereocenters. The van der Waals surface area contributed by atoms with Crippen LogP contribution in [0.3, 0.4) is 0 Å². The third kappa shape index (κ3) is 3.43. The number of hydrogen-bond donors (Lipinski definition) is 2. The number of aromatic hydroxyl groups is 2. The normalized spacial score (nSPS) is 11.4. The van der Waals surface area contributed by atoms with Gasteiger partial charge in [-0.1, -0.05) is 48.5 Å². The molecule has 0 aliphatic rings. The number of phenolic OH excluding ortho intramolecular Hbond substituents is 2. The molecule has 0 amide bonds. The molecule has 114 valence electrons. The summed E-state index contributed by atoms with van der Waals surface area (Å²) in [7, 11) is 0. The molecule has 0 aliphatic heterocycles. The highest BCUT2D eigenvalue weighted by Crippen LogP contribution is 2.34. The van der Waals surface area contributed by atoms with Gasteiger partial charge in [0.25, 0.3) is 0 Å². The second kappa shape index (κ2) is 6.67. The zero-order valence-electron chi connectivity index (χ0n) is 12.1. The van der Waals surface area contributed by atoms with Crippen LogP contribution in [-0.2, 0) is 0 Å². The zero-order chi connectivity index (χ0) is 16.2. The number of hydrogen-bond acceptors (Lipinski definition) is 3. The van der Waals surface area contributed by atoms with E-state index in [1.165, 1.54) is 12.1 Å². The molecule has 0 saturated heterocycles. The van der Waals surface area contributed by atoms with Crippen LogP contribution in [0.5, 0.6) is 11.5 Å². The van der Waals surface area contributed by atoms with Crippen molar-refractivity contribution in [3.05, 3.63) is 88.4 Å². The Balaban J connectivity index is 2.24. The summed E-state index contributed by atoms with van der Waals surface area (Å²) in [5, 5.41) is 20.3. The summed E-state index contributed by atoms with van der Waals surface area (Å²) in [6.07, 6.45) is 0. The van der Waals surface area contributed by atoms with Crippen LogP contribution >= 0.6 is 15.9 Å². The minimum Gasteiger partial charge on any atom is -0.508 e. The van der Waals surface area contributed by atoms with Crippen molar-refractivity contribution in [1.82, 2.24) is 0 Å². The molecule has 3 rings (SSSR count). The van der Waals surface area contributed by atoms with E-state index in [2.05, 4.69) is 20.9 Å². The summed E-state index contributed by atoms with van der Waals surface area (Å²) < 4.78 is 0.421. The average molecular weight is 368 g/mol. The predicted octanol–water partition coefficient (Wildman–Crippen LogP) is 5.03. The molecule has 0 aliphatic carbocycles. The minimum absolute atomic E-state index is 0.0429. The van der Waals surface area contributed by atoms with Gasteiger partial charge in [0.2, 0.25) is 0 Å². The van der Waals surface area contributed by atoms with Gasteiger partial charge >= 0.3 is 0 Å². The summed E-state index contributed by atoms with van der Waals surface area (Å²) in [6, 6.07) is 22.0. The second-order valence-corrected chi connectivity index (χ2v) is 5.84. The fourth-order valence-electron chi connectivity index (χ4n) is 2.27. The highest BCUT2D eigenvalue weighted by atomic mass is 79.9. The SMILES string of the molecule is Oc1cc(Br)c(O)c(C(=Nc2ccccc2)c2ccccc2)c1. The van der Waals surface area contributed by atoms with Crippen molar-refractivity contribution in [1.29, 1.82) is 0 Å². The lowest BCUT2D eigenvalue weighted by Gasteiger charge is -2.11. The Hall–Kier alpha value is -2.59.